The van der Waals surface area contributed by atoms with Gasteiger partial charge in [0.2, 0.25) is 11.1 Å². The van der Waals surface area contributed by atoms with E-state index in [9.17, 15) is 9.59 Å². The number of rotatable bonds is 6. The number of hydrogen-bond donors (Lipinski definition) is 1. The lowest BCUT2D eigenvalue weighted by Gasteiger charge is -2.09. The van der Waals surface area contributed by atoms with Crippen LogP contribution < -0.4 is 5.32 Å². The summed E-state index contributed by atoms with van der Waals surface area (Å²) in [4.78, 5) is 23.6. The number of benzene rings is 1. The number of esters is 1. The van der Waals surface area contributed by atoms with Gasteiger partial charge >= 0.3 is 5.97 Å². The molecule has 116 valence electrons. The second-order valence-corrected chi connectivity index (χ2v) is 5.09. The van der Waals surface area contributed by atoms with Gasteiger partial charge in [0.1, 0.15) is 0 Å². The van der Waals surface area contributed by atoms with Crippen LogP contribution in [0.5, 0.6) is 0 Å². The number of para-hydroxylation sites is 1. The van der Waals surface area contributed by atoms with Gasteiger partial charge in [0, 0.05) is 6.54 Å². The third kappa shape index (κ3) is 3.82. The Bertz CT molecular complexity index is 673. The summed E-state index contributed by atoms with van der Waals surface area (Å²) in [6.45, 7) is 2.54. The lowest BCUT2D eigenvalue weighted by molar-refractivity contribution is -0.113. The summed E-state index contributed by atoms with van der Waals surface area (Å²) in [6, 6.07) is 6.66. The van der Waals surface area contributed by atoms with Crippen LogP contribution in [-0.2, 0) is 16.1 Å². The van der Waals surface area contributed by atoms with Crippen LogP contribution >= 0.6 is 11.8 Å². The molecule has 0 aliphatic rings. The first-order valence-electron chi connectivity index (χ1n) is 6.51. The molecule has 0 bridgehead atoms. The molecule has 8 nitrogen and oxygen atoms in total. The van der Waals surface area contributed by atoms with Gasteiger partial charge in [-0.1, -0.05) is 23.9 Å². The number of hydrogen-bond acceptors (Lipinski definition) is 7. The number of anilines is 1. The van der Waals surface area contributed by atoms with Crippen LogP contribution in [0.1, 0.15) is 17.3 Å². The molecule has 22 heavy (non-hydrogen) atoms. The summed E-state index contributed by atoms with van der Waals surface area (Å²) in [6.07, 6.45) is 0. The fraction of sp³-hybridized carbons (Fsp3) is 0.308. The van der Waals surface area contributed by atoms with Gasteiger partial charge in [-0.2, -0.15) is 0 Å². The molecule has 1 amide bonds. The number of methoxy groups -OCH3 is 1. The number of nitrogens with zero attached hydrogens (tertiary/aromatic N) is 4. The average molecular weight is 321 g/mol. The van der Waals surface area contributed by atoms with Crippen molar-refractivity contribution in [1.29, 1.82) is 0 Å². The highest BCUT2D eigenvalue weighted by atomic mass is 32.2. The van der Waals surface area contributed by atoms with E-state index in [1.165, 1.54) is 18.9 Å². The zero-order chi connectivity index (χ0) is 15.9. The van der Waals surface area contributed by atoms with Gasteiger partial charge in [-0.25, -0.2) is 9.48 Å². The summed E-state index contributed by atoms with van der Waals surface area (Å²) in [7, 11) is 1.29. The number of amides is 1. The van der Waals surface area contributed by atoms with E-state index < -0.39 is 5.97 Å². The largest absolute Gasteiger partial charge is 0.465 e. The Balaban J connectivity index is 1.99. The van der Waals surface area contributed by atoms with E-state index in [1.807, 2.05) is 6.92 Å². The maximum atomic E-state index is 12.0. The minimum absolute atomic E-state index is 0.135. The van der Waals surface area contributed by atoms with Crippen LogP contribution in [0.3, 0.4) is 0 Å². The smallest absolute Gasteiger partial charge is 0.339 e. The molecule has 0 aliphatic heterocycles. The lowest BCUT2D eigenvalue weighted by atomic mass is 10.2. The molecule has 1 N–H and O–H groups in total. The lowest BCUT2D eigenvalue weighted by Crippen LogP contribution is -2.17. The molecule has 1 heterocycles. The molecule has 9 heteroatoms. The predicted molar refractivity (Wildman–Crippen MR) is 80.6 cm³/mol. The summed E-state index contributed by atoms with van der Waals surface area (Å²) in [5, 5.41) is 14.4. The Hall–Kier alpha value is -2.42. The highest BCUT2D eigenvalue weighted by Gasteiger charge is 2.14. The molecule has 1 aromatic carbocycles. The molecule has 0 unspecified atom stereocenters. The average Bonchev–Trinajstić information content (AvgIpc) is 3.00. The molecular formula is C13H15N5O3S. The third-order valence-corrected chi connectivity index (χ3v) is 3.69. The Morgan fingerprint density at radius 1 is 1.36 bits per heavy atom. The van der Waals surface area contributed by atoms with E-state index in [4.69, 9.17) is 0 Å². The molecule has 0 saturated heterocycles. The van der Waals surface area contributed by atoms with Crippen LogP contribution in [0.15, 0.2) is 29.4 Å². The van der Waals surface area contributed by atoms with Crippen LogP contribution in [0.25, 0.3) is 0 Å². The maximum Gasteiger partial charge on any atom is 0.339 e. The predicted octanol–water partition coefficient (Wildman–Crippen LogP) is 1.21. The fourth-order valence-corrected chi connectivity index (χ4v) is 2.44. The first kappa shape index (κ1) is 16.0. The zero-order valence-electron chi connectivity index (χ0n) is 12.1. The maximum absolute atomic E-state index is 12.0. The number of aromatic nitrogens is 4. The first-order chi connectivity index (χ1) is 10.7. The van der Waals surface area contributed by atoms with Crippen molar-refractivity contribution in [3.05, 3.63) is 29.8 Å². The molecule has 0 saturated carbocycles. The normalized spacial score (nSPS) is 10.3. The molecular weight excluding hydrogens is 306 g/mol. The van der Waals surface area contributed by atoms with E-state index in [2.05, 4.69) is 25.6 Å². The molecule has 2 rings (SSSR count). The Labute approximate surface area is 131 Å². The number of carbonyl (C=O) groups excluding carboxylic acids is 2. The van der Waals surface area contributed by atoms with Gasteiger partial charge in [-0.05, 0) is 29.5 Å². The van der Waals surface area contributed by atoms with E-state index in [0.717, 1.165) is 0 Å². The quantitative estimate of drug-likeness (QED) is 0.630. The Kier molecular flexibility index (Phi) is 5.48. The molecule has 0 atom stereocenters. The van der Waals surface area contributed by atoms with Crippen LogP contribution in [0.2, 0.25) is 0 Å². The van der Waals surface area contributed by atoms with Crippen LogP contribution in [-0.4, -0.2) is 44.9 Å². The Morgan fingerprint density at radius 2 is 2.14 bits per heavy atom. The molecule has 0 aliphatic carbocycles. The van der Waals surface area contributed by atoms with Gasteiger partial charge in [0.25, 0.3) is 0 Å². The van der Waals surface area contributed by atoms with Crippen molar-refractivity contribution in [2.45, 2.75) is 18.6 Å². The minimum atomic E-state index is -0.501. The highest BCUT2D eigenvalue weighted by molar-refractivity contribution is 7.99. The summed E-state index contributed by atoms with van der Waals surface area (Å²) in [5.74, 6) is -0.624. The van der Waals surface area contributed by atoms with Gasteiger partial charge in [0.05, 0.1) is 24.1 Å². The standard InChI is InChI=1S/C13H15N5O3S/c1-3-18-13(15-16-17-18)22-8-11(19)14-10-7-5-4-6-9(10)12(20)21-2/h4-7H,3,8H2,1-2H3,(H,14,19). The summed E-state index contributed by atoms with van der Waals surface area (Å²) >= 11 is 1.22. The number of tetrazole rings is 1. The van der Waals surface area contributed by atoms with Gasteiger partial charge in [0.15, 0.2) is 0 Å². The zero-order valence-corrected chi connectivity index (χ0v) is 13.0. The SMILES string of the molecule is CCn1nnnc1SCC(=O)Nc1ccccc1C(=O)OC. The highest BCUT2D eigenvalue weighted by Crippen LogP contribution is 2.18. The number of thioether (sulfide) groups is 1. The van der Waals surface area contributed by atoms with Crippen molar-refractivity contribution in [2.75, 3.05) is 18.2 Å². The van der Waals surface area contributed by atoms with E-state index in [-0.39, 0.29) is 11.7 Å². The molecule has 1 aromatic heterocycles. The van der Waals surface area contributed by atoms with Gasteiger partial charge < -0.3 is 10.1 Å². The molecule has 0 fully saturated rings. The van der Waals surface area contributed by atoms with E-state index in [0.29, 0.717) is 23.0 Å². The monoisotopic (exact) mass is 321 g/mol. The number of ether oxygens (including phenoxy) is 1. The third-order valence-electron chi connectivity index (χ3n) is 2.74. The van der Waals surface area contributed by atoms with Crippen LogP contribution in [0, 0.1) is 0 Å². The number of carbonyl (C=O) groups is 2. The molecule has 2 aromatic rings. The number of nitrogens with one attached hydrogen (secondary N) is 1. The Morgan fingerprint density at radius 3 is 2.86 bits per heavy atom. The minimum Gasteiger partial charge on any atom is -0.465 e. The van der Waals surface area contributed by atoms with E-state index >= 15 is 0 Å². The van der Waals surface area contributed by atoms with Crippen molar-refractivity contribution in [2.24, 2.45) is 0 Å². The second-order valence-electron chi connectivity index (χ2n) is 4.15. The fourth-order valence-electron chi connectivity index (χ4n) is 1.69. The second kappa shape index (κ2) is 7.55. The van der Waals surface area contributed by atoms with Gasteiger partial charge in [-0.15, -0.1) is 5.10 Å². The summed E-state index contributed by atoms with van der Waals surface area (Å²) < 4.78 is 6.28. The van der Waals surface area contributed by atoms with Crippen molar-refractivity contribution in [3.63, 3.8) is 0 Å². The van der Waals surface area contributed by atoms with Crippen LogP contribution in [0.4, 0.5) is 5.69 Å². The van der Waals surface area contributed by atoms with Crippen molar-refractivity contribution in [1.82, 2.24) is 20.2 Å². The first-order valence-corrected chi connectivity index (χ1v) is 7.50. The molecule has 0 spiro atoms. The topological polar surface area (TPSA) is 99.0 Å². The van der Waals surface area contributed by atoms with Crippen molar-refractivity contribution >= 4 is 29.3 Å². The van der Waals surface area contributed by atoms with E-state index in [1.54, 1.807) is 28.9 Å². The van der Waals surface area contributed by atoms with Gasteiger partial charge in [-0.3, -0.25) is 4.79 Å². The summed E-state index contributed by atoms with van der Waals surface area (Å²) in [5.41, 5.74) is 0.719. The van der Waals surface area contributed by atoms with Crippen molar-refractivity contribution < 1.29 is 14.3 Å². The van der Waals surface area contributed by atoms with Crippen molar-refractivity contribution in [3.8, 4) is 0 Å². The number of aryl methyl sites for hydroxylation is 1. The molecule has 0 radical (unpaired) electrons.